The van der Waals surface area contributed by atoms with Gasteiger partial charge in [-0.25, -0.2) is 0 Å². The Balaban J connectivity index is 1.63. The molecule has 0 aliphatic rings. The van der Waals surface area contributed by atoms with Crippen LogP contribution in [-0.2, 0) is 4.79 Å². The Morgan fingerprint density at radius 3 is 2.54 bits per heavy atom. The summed E-state index contributed by atoms with van der Waals surface area (Å²) >= 11 is 1.36. The van der Waals surface area contributed by atoms with Gasteiger partial charge in [-0.15, -0.1) is 11.3 Å². The van der Waals surface area contributed by atoms with Crippen molar-refractivity contribution < 1.29 is 9.59 Å². The summed E-state index contributed by atoms with van der Waals surface area (Å²) in [7, 11) is 0. The van der Waals surface area contributed by atoms with E-state index < -0.39 is 0 Å². The molecular formula is C18H23N3O2S. The number of thiophene rings is 1. The molecule has 2 aromatic rings. The summed E-state index contributed by atoms with van der Waals surface area (Å²) in [5.41, 5.74) is 1.19. The highest BCUT2D eigenvalue weighted by molar-refractivity contribution is 7.12. The SMILES string of the molecule is CCN(CCCNC(=O)CNC(=O)c1cccs1)c1ccccc1. The quantitative estimate of drug-likeness (QED) is 0.687. The van der Waals surface area contributed by atoms with Crippen LogP contribution in [0.1, 0.15) is 23.0 Å². The van der Waals surface area contributed by atoms with Crippen LogP contribution in [0.15, 0.2) is 47.8 Å². The first-order valence-corrected chi connectivity index (χ1v) is 8.97. The first-order chi connectivity index (χ1) is 11.7. The molecule has 0 aliphatic heterocycles. The minimum absolute atomic E-state index is 0.00686. The van der Waals surface area contributed by atoms with Crippen LogP contribution in [0.2, 0.25) is 0 Å². The average Bonchev–Trinajstić information content (AvgIpc) is 3.15. The van der Waals surface area contributed by atoms with Crippen LogP contribution < -0.4 is 15.5 Å². The monoisotopic (exact) mass is 345 g/mol. The van der Waals surface area contributed by atoms with E-state index in [-0.39, 0.29) is 18.4 Å². The molecule has 128 valence electrons. The van der Waals surface area contributed by atoms with Crippen LogP contribution in [-0.4, -0.2) is 38.0 Å². The molecule has 0 saturated carbocycles. The van der Waals surface area contributed by atoms with Crippen molar-refractivity contribution in [3.63, 3.8) is 0 Å². The van der Waals surface area contributed by atoms with E-state index in [9.17, 15) is 9.59 Å². The summed E-state index contributed by atoms with van der Waals surface area (Å²) in [6.07, 6.45) is 0.855. The third-order valence-corrected chi connectivity index (χ3v) is 4.45. The Morgan fingerprint density at radius 1 is 1.08 bits per heavy atom. The molecule has 1 heterocycles. The highest BCUT2D eigenvalue weighted by atomic mass is 32.1. The van der Waals surface area contributed by atoms with Crippen LogP contribution in [0.3, 0.4) is 0 Å². The van der Waals surface area contributed by atoms with Gasteiger partial charge >= 0.3 is 0 Å². The van der Waals surface area contributed by atoms with E-state index in [4.69, 9.17) is 0 Å². The summed E-state index contributed by atoms with van der Waals surface area (Å²) in [5, 5.41) is 7.29. The Hall–Kier alpha value is -2.34. The van der Waals surface area contributed by atoms with Crippen LogP contribution in [0.25, 0.3) is 0 Å². The zero-order valence-corrected chi connectivity index (χ0v) is 14.6. The Morgan fingerprint density at radius 2 is 1.88 bits per heavy atom. The van der Waals surface area contributed by atoms with Gasteiger partial charge < -0.3 is 15.5 Å². The molecule has 0 atom stereocenters. The molecule has 24 heavy (non-hydrogen) atoms. The maximum atomic E-state index is 11.8. The lowest BCUT2D eigenvalue weighted by atomic mass is 10.2. The number of amides is 2. The molecule has 0 unspecified atom stereocenters. The highest BCUT2D eigenvalue weighted by Gasteiger charge is 2.08. The Bertz CT molecular complexity index is 629. The third kappa shape index (κ3) is 5.70. The zero-order valence-electron chi connectivity index (χ0n) is 13.8. The van der Waals surface area contributed by atoms with Gasteiger partial charge in [0, 0.05) is 25.3 Å². The van der Waals surface area contributed by atoms with E-state index in [0.29, 0.717) is 11.4 Å². The van der Waals surface area contributed by atoms with E-state index >= 15 is 0 Å². The molecule has 2 rings (SSSR count). The third-order valence-electron chi connectivity index (χ3n) is 3.58. The van der Waals surface area contributed by atoms with E-state index in [1.807, 2.05) is 29.6 Å². The predicted molar refractivity (Wildman–Crippen MR) is 98.6 cm³/mol. The van der Waals surface area contributed by atoms with Gasteiger partial charge in [-0.1, -0.05) is 24.3 Å². The van der Waals surface area contributed by atoms with Gasteiger partial charge in [-0.05, 0) is 36.9 Å². The molecule has 1 aromatic heterocycles. The molecule has 0 aliphatic carbocycles. The number of carbonyl (C=O) groups excluding carboxylic acids is 2. The van der Waals surface area contributed by atoms with Gasteiger partial charge in [0.1, 0.15) is 0 Å². The second kappa shape index (κ2) is 9.72. The number of para-hydroxylation sites is 1. The lowest BCUT2D eigenvalue weighted by Gasteiger charge is -2.23. The summed E-state index contributed by atoms with van der Waals surface area (Å²) in [6, 6.07) is 13.8. The van der Waals surface area contributed by atoms with E-state index in [0.717, 1.165) is 19.5 Å². The second-order valence-corrected chi connectivity index (χ2v) is 6.23. The number of benzene rings is 1. The number of carbonyl (C=O) groups is 2. The molecule has 0 saturated heterocycles. The summed E-state index contributed by atoms with van der Waals surface area (Å²) in [6.45, 7) is 4.52. The van der Waals surface area contributed by atoms with Crippen LogP contribution in [0.4, 0.5) is 5.69 Å². The molecule has 5 nitrogen and oxygen atoms in total. The minimum Gasteiger partial charge on any atom is -0.372 e. The van der Waals surface area contributed by atoms with Gasteiger partial charge in [0.25, 0.3) is 5.91 Å². The molecule has 2 N–H and O–H groups in total. The molecule has 0 radical (unpaired) electrons. The summed E-state index contributed by atoms with van der Waals surface area (Å²) < 4.78 is 0. The number of rotatable bonds is 9. The second-order valence-electron chi connectivity index (χ2n) is 5.28. The Labute approximate surface area is 146 Å². The van der Waals surface area contributed by atoms with Gasteiger partial charge in [0.05, 0.1) is 11.4 Å². The largest absolute Gasteiger partial charge is 0.372 e. The first kappa shape index (κ1) is 18.0. The lowest BCUT2D eigenvalue weighted by Crippen LogP contribution is -2.38. The topological polar surface area (TPSA) is 61.4 Å². The number of nitrogens with zero attached hydrogens (tertiary/aromatic N) is 1. The maximum Gasteiger partial charge on any atom is 0.261 e. The van der Waals surface area contributed by atoms with Crippen molar-refractivity contribution in [1.29, 1.82) is 0 Å². The van der Waals surface area contributed by atoms with Crippen LogP contribution in [0.5, 0.6) is 0 Å². The van der Waals surface area contributed by atoms with Crippen LogP contribution in [0, 0.1) is 0 Å². The molecule has 6 heteroatoms. The Kier molecular flexibility index (Phi) is 7.29. The highest BCUT2D eigenvalue weighted by Crippen LogP contribution is 2.12. The smallest absolute Gasteiger partial charge is 0.261 e. The first-order valence-electron chi connectivity index (χ1n) is 8.09. The lowest BCUT2D eigenvalue weighted by molar-refractivity contribution is -0.120. The minimum atomic E-state index is -0.207. The van der Waals surface area contributed by atoms with Crippen molar-refractivity contribution in [3.05, 3.63) is 52.7 Å². The molecule has 0 fully saturated rings. The standard InChI is InChI=1S/C18H23N3O2S/c1-2-21(15-8-4-3-5-9-15)12-7-11-19-17(22)14-20-18(23)16-10-6-13-24-16/h3-6,8-10,13H,2,7,11-12,14H2,1H3,(H,19,22)(H,20,23). The number of anilines is 1. The molecule has 0 bridgehead atoms. The van der Waals surface area contributed by atoms with Crippen molar-refractivity contribution in [3.8, 4) is 0 Å². The van der Waals surface area contributed by atoms with Crippen molar-refractivity contribution in [2.75, 3.05) is 31.1 Å². The van der Waals surface area contributed by atoms with E-state index in [2.05, 4.69) is 34.6 Å². The average molecular weight is 345 g/mol. The van der Waals surface area contributed by atoms with Gasteiger partial charge in [0.2, 0.25) is 5.91 Å². The summed E-state index contributed by atoms with van der Waals surface area (Å²) in [5.74, 6) is -0.371. The van der Waals surface area contributed by atoms with Crippen molar-refractivity contribution in [1.82, 2.24) is 10.6 Å². The van der Waals surface area contributed by atoms with Crippen molar-refractivity contribution in [2.45, 2.75) is 13.3 Å². The predicted octanol–water partition coefficient (Wildman–Crippen LogP) is 2.51. The number of hydrogen-bond donors (Lipinski definition) is 2. The summed E-state index contributed by atoms with van der Waals surface area (Å²) in [4.78, 5) is 26.4. The van der Waals surface area contributed by atoms with Crippen molar-refractivity contribution >= 4 is 28.8 Å². The number of hydrogen-bond acceptors (Lipinski definition) is 4. The van der Waals surface area contributed by atoms with Crippen molar-refractivity contribution in [2.24, 2.45) is 0 Å². The zero-order chi connectivity index (χ0) is 17.2. The normalized spacial score (nSPS) is 10.2. The molecule has 1 aromatic carbocycles. The molecular weight excluding hydrogens is 322 g/mol. The maximum absolute atomic E-state index is 11.8. The fraction of sp³-hybridized carbons (Fsp3) is 0.333. The molecule has 0 spiro atoms. The van der Waals surface area contributed by atoms with E-state index in [1.165, 1.54) is 17.0 Å². The van der Waals surface area contributed by atoms with E-state index in [1.54, 1.807) is 6.07 Å². The number of nitrogens with one attached hydrogen (secondary N) is 2. The van der Waals surface area contributed by atoms with Gasteiger partial charge in [-0.2, -0.15) is 0 Å². The molecule has 2 amide bonds. The fourth-order valence-electron chi connectivity index (χ4n) is 2.32. The van der Waals surface area contributed by atoms with Crippen LogP contribution >= 0.6 is 11.3 Å². The van der Waals surface area contributed by atoms with Gasteiger partial charge in [0.15, 0.2) is 0 Å². The fourth-order valence-corrected chi connectivity index (χ4v) is 2.96. The van der Waals surface area contributed by atoms with Gasteiger partial charge in [-0.3, -0.25) is 9.59 Å².